The van der Waals surface area contributed by atoms with Crippen LogP contribution in [0.1, 0.15) is 49.7 Å². The number of fused-ring (bicyclic) bond motifs is 1. The molecule has 6 nitrogen and oxygen atoms in total. The summed E-state index contributed by atoms with van der Waals surface area (Å²) in [6.45, 7) is 6.53. The van der Waals surface area contributed by atoms with Gasteiger partial charge in [-0.15, -0.1) is 5.10 Å². The van der Waals surface area contributed by atoms with Crippen molar-refractivity contribution in [3.05, 3.63) is 34.8 Å². The minimum Gasteiger partial charge on any atom is -0.268 e. The van der Waals surface area contributed by atoms with Crippen LogP contribution < -0.4 is 0 Å². The highest BCUT2D eigenvalue weighted by Crippen LogP contribution is 2.42. The highest BCUT2D eigenvalue weighted by molar-refractivity contribution is 6.09. The highest BCUT2D eigenvalue weighted by Gasteiger charge is 2.40. The van der Waals surface area contributed by atoms with Crippen molar-refractivity contribution in [1.29, 1.82) is 0 Å². The first kappa shape index (κ1) is 17.9. The van der Waals surface area contributed by atoms with Gasteiger partial charge < -0.3 is 0 Å². The molecule has 0 fully saturated rings. The molecule has 142 valence electrons. The molecule has 0 N–H and O–H groups in total. The average molecular weight is 372 g/mol. The molecule has 2 aromatic rings. The smallest absolute Gasteiger partial charge is 0.252 e. The third-order valence-electron chi connectivity index (χ3n) is 5.07. The van der Waals surface area contributed by atoms with Gasteiger partial charge >= 0.3 is 0 Å². The second-order valence-corrected chi connectivity index (χ2v) is 8.19. The van der Waals surface area contributed by atoms with Crippen LogP contribution in [0.5, 0.6) is 0 Å². The minimum absolute atomic E-state index is 0.174. The van der Waals surface area contributed by atoms with E-state index >= 15 is 0 Å². The molecule has 0 unspecified atom stereocenters. The molecule has 0 atom stereocenters. The lowest BCUT2D eigenvalue weighted by Crippen LogP contribution is -2.31. The van der Waals surface area contributed by atoms with Crippen LogP contribution in [0.25, 0.3) is 11.3 Å². The number of aromatic nitrogens is 3. The first-order chi connectivity index (χ1) is 12.7. The molecule has 0 spiro atoms. The molecule has 2 aliphatic rings. The van der Waals surface area contributed by atoms with E-state index in [0.717, 1.165) is 28.2 Å². The minimum atomic E-state index is -2.74. The molecule has 2 aromatic heterocycles. The zero-order valence-electron chi connectivity index (χ0n) is 15.9. The van der Waals surface area contributed by atoms with E-state index in [1.807, 2.05) is 13.1 Å². The molecular formula is C19H22F2N6. The van der Waals surface area contributed by atoms with E-state index in [-0.39, 0.29) is 24.7 Å². The quantitative estimate of drug-likeness (QED) is 0.797. The third-order valence-corrected chi connectivity index (χ3v) is 5.07. The van der Waals surface area contributed by atoms with Crippen LogP contribution in [0.15, 0.2) is 27.7 Å². The Morgan fingerprint density at radius 3 is 2.56 bits per heavy atom. The average Bonchev–Trinajstić information content (AvgIpc) is 3.23. The van der Waals surface area contributed by atoms with Crippen molar-refractivity contribution in [1.82, 2.24) is 14.8 Å². The number of alkyl halides is 2. The van der Waals surface area contributed by atoms with Crippen molar-refractivity contribution in [3.63, 3.8) is 0 Å². The first-order valence-corrected chi connectivity index (χ1v) is 9.03. The van der Waals surface area contributed by atoms with Crippen molar-refractivity contribution in [2.45, 2.75) is 51.4 Å². The van der Waals surface area contributed by atoms with Crippen molar-refractivity contribution in [2.75, 3.05) is 6.54 Å². The van der Waals surface area contributed by atoms with Crippen LogP contribution in [0.4, 0.5) is 8.78 Å². The van der Waals surface area contributed by atoms with Gasteiger partial charge in [0, 0.05) is 48.3 Å². The second kappa shape index (κ2) is 6.00. The lowest BCUT2D eigenvalue weighted by Gasteiger charge is -2.31. The number of aryl methyl sites for hydroxylation is 2. The van der Waals surface area contributed by atoms with Gasteiger partial charge in [0.15, 0.2) is 0 Å². The van der Waals surface area contributed by atoms with Crippen molar-refractivity contribution in [3.8, 4) is 11.3 Å². The van der Waals surface area contributed by atoms with Crippen LogP contribution >= 0.6 is 0 Å². The Hall–Kier alpha value is -2.51. The van der Waals surface area contributed by atoms with Gasteiger partial charge in [-0.2, -0.15) is 10.2 Å². The van der Waals surface area contributed by atoms with E-state index in [1.54, 1.807) is 10.9 Å². The number of nitrogens with zero attached hydrogens (tertiary/aromatic N) is 6. The van der Waals surface area contributed by atoms with Gasteiger partial charge in [0.25, 0.3) is 5.92 Å². The lowest BCUT2D eigenvalue weighted by molar-refractivity contribution is -0.0127. The van der Waals surface area contributed by atoms with E-state index in [1.165, 1.54) is 0 Å². The molecule has 1 aliphatic carbocycles. The fraction of sp³-hybridized carbons (Fsp3) is 0.526. The molecule has 0 saturated carbocycles. The Labute approximate surface area is 156 Å². The second-order valence-electron chi connectivity index (χ2n) is 8.19. The van der Waals surface area contributed by atoms with Crippen LogP contribution in [0.2, 0.25) is 0 Å². The zero-order valence-corrected chi connectivity index (χ0v) is 15.9. The molecule has 0 aromatic carbocycles. The lowest BCUT2D eigenvalue weighted by atomic mass is 9.79. The Balaban J connectivity index is 2.10. The van der Waals surface area contributed by atoms with Crippen molar-refractivity contribution in [2.24, 2.45) is 22.5 Å². The molecule has 8 heteroatoms. The number of pyridine rings is 1. The molecular weight excluding hydrogens is 350 g/mol. The van der Waals surface area contributed by atoms with Gasteiger partial charge in [0.1, 0.15) is 6.54 Å². The summed E-state index contributed by atoms with van der Waals surface area (Å²) < 4.78 is 30.4. The topological polar surface area (TPSA) is 67.8 Å². The van der Waals surface area contributed by atoms with Gasteiger partial charge in [-0.05, 0) is 23.3 Å². The van der Waals surface area contributed by atoms with E-state index in [9.17, 15) is 8.78 Å². The van der Waals surface area contributed by atoms with Crippen LogP contribution in [0.3, 0.4) is 0 Å². The summed E-state index contributed by atoms with van der Waals surface area (Å²) in [4.78, 5) is 4.87. The molecule has 0 radical (unpaired) electrons. The SMILES string of the molecule is Cn1nccc1-c1c2c(nc(C(C)(C)C)c1C1=NN=NC1)CCC(F)(F)C2. The maximum absolute atomic E-state index is 14.3. The van der Waals surface area contributed by atoms with Gasteiger partial charge in [0.2, 0.25) is 0 Å². The predicted molar refractivity (Wildman–Crippen MR) is 98.4 cm³/mol. The van der Waals surface area contributed by atoms with Crippen LogP contribution in [-0.2, 0) is 25.3 Å². The van der Waals surface area contributed by atoms with E-state index < -0.39 is 5.92 Å². The molecule has 0 bridgehead atoms. The van der Waals surface area contributed by atoms with E-state index in [2.05, 4.69) is 41.3 Å². The summed E-state index contributed by atoms with van der Waals surface area (Å²) in [5.41, 5.74) is 4.85. The molecule has 1 aliphatic heterocycles. The summed E-state index contributed by atoms with van der Waals surface area (Å²) in [5, 5.41) is 16.2. The van der Waals surface area contributed by atoms with Gasteiger partial charge in [-0.3, -0.25) is 9.67 Å². The van der Waals surface area contributed by atoms with Gasteiger partial charge in [-0.1, -0.05) is 20.8 Å². The predicted octanol–water partition coefficient (Wildman–Crippen LogP) is 4.07. The Bertz CT molecular complexity index is 965. The van der Waals surface area contributed by atoms with Crippen LogP contribution in [0, 0.1) is 0 Å². The molecule has 3 heterocycles. The Kier molecular flexibility index (Phi) is 3.98. The summed E-state index contributed by atoms with van der Waals surface area (Å²) in [6.07, 6.45) is 1.44. The fourth-order valence-corrected chi connectivity index (χ4v) is 3.79. The molecule has 0 amide bonds. The van der Waals surface area contributed by atoms with E-state index in [4.69, 9.17) is 4.98 Å². The monoisotopic (exact) mass is 372 g/mol. The number of rotatable bonds is 2. The number of hydrogen-bond acceptors (Lipinski definition) is 5. The normalized spacial score (nSPS) is 18.5. The fourth-order valence-electron chi connectivity index (χ4n) is 3.79. The first-order valence-electron chi connectivity index (χ1n) is 9.03. The standard InChI is InChI=1S/C19H22F2N6/c1-18(2,3)17-16(13-10-22-26-25-13)15(14-6-8-23-27(14)4)11-9-19(20,21)7-5-12(11)24-17/h6,8H,5,7,9-10H2,1-4H3. The molecule has 27 heavy (non-hydrogen) atoms. The number of halogens is 2. The maximum Gasteiger partial charge on any atom is 0.252 e. The van der Waals surface area contributed by atoms with Gasteiger partial charge in [-0.25, -0.2) is 8.78 Å². The van der Waals surface area contributed by atoms with Gasteiger partial charge in [0.05, 0.1) is 17.1 Å². The van der Waals surface area contributed by atoms with Crippen LogP contribution in [-0.4, -0.2) is 32.9 Å². The Morgan fingerprint density at radius 1 is 1.19 bits per heavy atom. The summed E-state index contributed by atoms with van der Waals surface area (Å²) in [7, 11) is 1.81. The number of hydrogen-bond donors (Lipinski definition) is 0. The summed E-state index contributed by atoms with van der Waals surface area (Å²) >= 11 is 0. The van der Waals surface area contributed by atoms with Crippen molar-refractivity contribution < 1.29 is 8.78 Å². The van der Waals surface area contributed by atoms with Crippen molar-refractivity contribution >= 4 is 5.71 Å². The zero-order chi connectivity index (χ0) is 19.4. The maximum atomic E-state index is 14.3. The third kappa shape index (κ3) is 3.07. The Morgan fingerprint density at radius 2 is 1.96 bits per heavy atom. The summed E-state index contributed by atoms with van der Waals surface area (Å²) in [5.74, 6) is -2.74. The largest absolute Gasteiger partial charge is 0.268 e. The molecule has 0 saturated heterocycles. The highest BCUT2D eigenvalue weighted by atomic mass is 19.3. The summed E-state index contributed by atoms with van der Waals surface area (Å²) in [6, 6.07) is 1.85. The van der Waals surface area contributed by atoms with E-state index in [0.29, 0.717) is 17.8 Å². The molecule has 4 rings (SSSR count).